The zero-order chi connectivity index (χ0) is 10.6. The Kier molecular flexibility index (Phi) is 4.75. The fourth-order valence-electron chi connectivity index (χ4n) is 2.14. The Bertz CT molecular complexity index is 164. The van der Waals surface area contributed by atoms with Gasteiger partial charge in [0.25, 0.3) is 6.43 Å². The van der Waals surface area contributed by atoms with Crippen molar-refractivity contribution in [2.45, 2.75) is 32.2 Å². The number of halogens is 2. The van der Waals surface area contributed by atoms with E-state index in [1.165, 1.54) is 0 Å². The lowest BCUT2D eigenvalue weighted by Crippen LogP contribution is -2.48. The van der Waals surface area contributed by atoms with Crippen LogP contribution in [0.4, 0.5) is 8.78 Å². The van der Waals surface area contributed by atoms with Gasteiger partial charge in [-0.3, -0.25) is 0 Å². The van der Waals surface area contributed by atoms with Crippen LogP contribution in [-0.4, -0.2) is 44.0 Å². The molecule has 0 spiro atoms. The van der Waals surface area contributed by atoms with Crippen LogP contribution in [0.1, 0.15) is 19.8 Å². The van der Waals surface area contributed by atoms with E-state index in [9.17, 15) is 8.78 Å². The van der Waals surface area contributed by atoms with Crippen molar-refractivity contribution >= 4 is 0 Å². The highest BCUT2D eigenvalue weighted by Crippen LogP contribution is 2.18. The van der Waals surface area contributed by atoms with Gasteiger partial charge in [0.05, 0.1) is 6.54 Å². The van der Waals surface area contributed by atoms with Gasteiger partial charge >= 0.3 is 0 Å². The van der Waals surface area contributed by atoms with Crippen molar-refractivity contribution in [2.24, 2.45) is 5.92 Å². The first-order chi connectivity index (χ1) is 6.61. The van der Waals surface area contributed by atoms with E-state index in [1.54, 1.807) is 0 Å². The molecule has 14 heavy (non-hydrogen) atoms. The maximum absolute atomic E-state index is 12.0. The molecule has 2 nitrogen and oxygen atoms in total. The predicted octanol–water partition coefficient (Wildman–Crippen LogP) is 1.57. The molecule has 1 fully saturated rings. The van der Waals surface area contributed by atoms with E-state index in [4.69, 9.17) is 0 Å². The summed E-state index contributed by atoms with van der Waals surface area (Å²) < 4.78 is 24.0. The lowest BCUT2D eigenvalue weighted by atomic mass is 9.92. The Morgan fingerprint density at radius 2 is 2.14 bits per heavy atom. The third kappa shape index (κ3) is 3.88. The molecule has 84 valence electrons. The molecule has 0 aromatic rings. The van der Waals surface area contributed by atoms with Crippen LogP contribution in [-0.2, 0) is 0 Å². The lowest BCUT2D eigenvalue weighted by Gasteiger charge is -2.35. The third-order valence-corrected chi connectivity index (χ3v) is 2.86. The number of nitrogens with one attached hydrogen (secondary N) is 1. The van der Waals surface area contributed by atoms with Gasteiger partial charge in [-0.15, -0.1) is 0 Å². The van der Waals surface area contributed by atoms with Gasteiger partial charge in [0.2, 0.25) is 0 Å². The van der Waals surface area contributed by atoms with Crippen molar-refractivity contribution in [1.82, 2.24) is 10.2 Å². The first-order valence-electron chi connectivity index (χ1n) is 5.31. The van der Waals surface area contributed by atoms with Gasteiger partial charge < -0.3 is 10.2 Å². The van der Waals surface area contributed by atoms with Crippen LogP contribution in [0.25, 0.3) is 0 Å². The Hall–Kier alpha value is -0.220. The topological polar surface area (TPSA) is 15.3 Å². The molecule has 0 aromatic carbocycles. The van der Waals surface area contributed by atoms with Crippen LogP contribution in [0.15, 0.2) is 0 Å². The van der Waals surface area contributed by atoms with Crippen LogP contribution in [0.2, 0.25) is 0 Å². The number of piperidine rings is 1. The van der Waals surface area contributed by atoms with E-state index in [2.05, 4.69) is 24.2 Å². The Labute approximate surface area is 84.7 Å². The van der Waals surface area contributed by atoms with Gasteiger partial charge in [0.1, 0.15) is 0 Å². The minimum Gasteiger partial charge on any atom is -0.307 e. The van der Waals surface area contributed by atoms with Gasteiger partial charge in [0.15, 0.2) is 0 Å². The Balaban J connectivity index is 2.30. The van der Waals surface area contributed by atoms with Crippen molar-refractivity contribution in [1.29, 1.82) is 0 Å². The molecule has 2 atom stereocenters. The summed E-state index contributed by atoms with van der Waals surface area (Å²) in [5.41, 5.74) is 0. The van der Waals surface area contributed by atoms with Gasteiger partial charge in [-0.1, -0.05) is 13.3 Å². The molecule has 0 aromatic heterocycles. The molecule has 1 heterocycles. The lowest BCUT2D eigenvalue weighted by molar-refractivity contribution is 0.118. The zero-order valence-corrected chi connectivity index (χ0v) is 8.97. The van der Waals surface area contributed by atoms with Crippen LogP contribution in [0.5, 0.6) is 0 Å². The maximum atomic E-state index is 12.0. The summed E-state index contributed by atoms with van der Waals surface area (Å²) in [6, 6.07) is 0.243. The van der Waals surface area contributed by atoms with E-state index in [0.29, 0.717) is 5.92 Å². The number of likely N-dealkylation sites (N-methyl/N-ethyl adjacent to an activating group) is 1. The van der Waals surface area contributed by atoms with Crippen LogP contribution in [0.3, 0.4) is 0 Å². The first kappa shape index (κ1) is 11.9. The first-order valence-corrected chi connectivity index (χ1v) is 5.31. The van der Waals surface area contributed by atoms with Crippen molar-refractivity contribution in [3.05, 3.63) is 0 Å². The van der Waals surface area contributed by atoms with E-state index < -0.39 is 6.43 Å². The summed E-state index contributed by atoms with van der Waals surface area (Å²) in [7, 11) is 2.05. The zero-order valence-electron chi connectivity index (χ0n) is 8.97. The summed E-state index contributed by atoms with van der Waals surface area (Å²) in [4.78, 5) is 2.22. The molecule has 1 saturated heterocycles. The second-order valence-electron chi connectivity index (χ2n) is 4.23. The summed E-state index contributed by atoms with van der Waals surface area (Å²) in [5.74, 6) is 0.656. The van der Waals surface area contributed by atoms with E-state index in [1.807, 2.05) is 0 Å². The second kappa shape index (κ2) is 5.61. The minimum atomic E-state index is -2.23. The number of likely N-dealkylation sites (tertiary alicyclic amines) is 1. The molecule has 1 aliphatic heterocycles. The molecule has 1 aliphatic rings. The van der Waals surface area contributed by atoms with E-state index >= 15 is 0 Å². The van der Waals surface area contributed by atoms with E-state index in [0.717, 1.165) is 25.9 Å². The van der Waals surface area contributed by atoms with Crippen LogP contribution >= 0.6 is 0 Å². The van der Waals surface area contributed by atoms with Crippen LogP contribution in [0, 0.1) is 5.92 Å². The highest BCUT2D eigenvalue weighted by Gasteiger charge is 2.24. The SMILES string of the molecule is CCC1CC(NCC(F)F)CN(C)C1. The Morgan fingerprint density at radius 1 is 1.43 bits per heavy atom. The molecule has 0 bridgehead atoms. The second-order valence-corrected chi connectivity index (χ2v) is 4.23. The van der Waals surface area contributed by atoms with Crippen molar-refractivity contribution in [3.63, 3.8) is 0 Å². The standard InChI is InChI=1S/C10H20F2N2/c1-3-8-4-9(7-14(2)6-8)13-5-10(11)12/h8-10,13H,3-7H2,1-2H3. The fraction of sp³-hybridized carbons (Fsp3) is 1.00. The van der Waals surface area contributed by atoms with Crippen molar-refractivity contribution < 1.29 is 8.78 Å². The van der Waals surface area contributed by atoms with Gasteiger partial charge in [-0.05, 0) is 19.4 Å². The average Bonchev–Trinajstić information content (AvgIpc) is 2.14. The van der Waals surface area contributed by atoms with Gasteiger partial charge in [0, 0.05) is 19.1 Å². The number of hydrogen-bond donors (Lipinski definition) is 1. The predicted molar refractivity (Wildman–Crippen MR) is 53.7 cm³/mol. The van der Waals surface area contributed by atoms with Gasteiger partial charge in [-0.25, -0.2) is 8.78 Å². The largest absolute Gasteiger partial charge is 0.307 e. The molecule has 0 saturated carbocycles. The maximum Gasteiger partial charge on any atom is 0.250 e. The summed E-state index contributed by atoms with van der Waals surface area (Å²) in [5, 5.41) is 2.92. The number of alkyl halides is 2. The normalized spacial score (nSPS) is 29.8. The van der Waals surface area contributed by atoms with Crippen molar-refractivity contribution in [2.75, 3.05) is 26.7 Å². The molecule has 0 aliphatic carbocycles. The number of nitrogens with zero attached hydrogens (tertiary/aromatic N) is 1. The summed E-state index contributed by atoms with van der Waals surface area (Å²) >= 11 is 0. The number of rotatable bonds is 4. The minimum absolute atomic E-state index is 0.172. The summed E-state index contributed by atoms with van der Waals surface area (Å²) in [6.07, 6.45) is -0.0626. The van der Waals surface area contributed by atoms with E-state index in [-0.39, 0.29) is 12.6 Å². The molecular weight excluding hydrogens is 186 g/mol. The molecule has 0 radical (unpaired) electrons. The average molecular weight is 206 g/mol. The number of hydrogen-bond acceptors (Lipinski definition) is 2. The molecule has 1 N–H and O–H groups in total. The van der Waals surface area contributed by atoms with Crippen molar-refractivity contribution in [3.8, 4) is 0 Å². The molecule has 0 amide bonds. The monoisotopic (exact) mass is 206 g/mol. The molecule has 4 heteroatoms. The Morgan fingerprint density at radius 3 is 2.71 bits per heavy atom. The van der Waals surface area contributed by atoms with Gasteiger partial charge in [-0.2, -0.15) is 0 Å². The van der Waals surface area contributed by atoms with Crippen LogP contribution < -0.4 is 5.32 Å². The fourth-order valence-corrected chi connectivity index (χ4v) is 2.14. The third-order valence-electron chi connectivity index (χ3n) is 2.86. The highest BCUT2D eigenvalue weighted by molar-refractivity contribution is 4.81. The molecule has 1 rings (SSSR count). The molecule has 2 unspecified atom stereocenters. The summed E-state index contributed by atoms with van der Waals surface area (Å²) in [6.45, 7) is 3.98. The quantitative estimate of drug-likeness (QED) is 0.751. The smallest absolute Gasteiger partial charge is 0.250 e. The highest BCUT2D eigenvalue weighted by atomic mass is 19.3. The molecular formula is C10H20F2N2.